The summed E-state index contributed by atoms with van der Waals surface area (Å²) in [7, 11) is -3.72. The average molecular weight is 318 g/mol. The number of aromatic nitrogens is 2. The molecule has 1 aromatic rings. The van der Waals surface area contributed by atoms with Gasteiger partial charge < -0.3 is 9.64 Å². The molecular weight excluding hydrogens is 308 g/mol. The second kappa shape index (κ2) is 4.41. The molecule has 0 saturated carbocycles. The standard InChI is InChI=1S/C9H10N4O7S/c1-19-8(14)7-6-4(2-10-11-6)5-3-12(7)9(15)13(5)20-21(16,17)18/h2,5,7H,3H2,1H3,(H,10,11)(H,16,17,18)/t5-,7-/m0/s1. The molecule has 0 radical (unpaired) electrons. The zero-order chi connectivity index (χ0) is 15.4. The lowest BCUT2D eigenvalue weighted by Gasteiger charge is -2.27. The van der Waals surface area contributed by atoms with Crippen LogP contribution in [0.2, 0.25) is 0 Å². The molecule has 3 rings (SSSR count). The first-order chi connectivity index (χ1) is 9.83. The zero-order valence-electron chi connectivity index (χ0n) is 10.6. The van der Waals surface area contributed by atoms with Gasteiger partial charge >= 0.3 is 22.4 Å². The number of fused-ring (bicyclic) bond motifs is 4. The fourth-order valence-electron chi connectivity index (χ4n) is 2.52. The Morgan fingerprint density at radius 1 is 1.57 bits per heavy atom. The van der Waals surface area contributed by atoms with Crippen LogP contribution in [0, 0.1) is 0 Å². The number of rotatable bonds is 3. The lowest BCUT2D eigenvalue weighted by molar-refractivity contribution is -0.146. The summed E-state index contributed by atoms with van der Waals surface area (Å²) in [6.45, 7) is 0.000648. The van der Waals surface area contributed by atoms with Gasteiger partial charge in [-0.25, -0.2) is 9.59 Å². The predicted molar refractivity (Wildman–Crippen MR) is 62.7 cm³/mol. The van der Waals surface area contributed by atoms with Gasteiger partial charge in [0.15, 0.2) is 6.04 Å². The maximum Gasteiger partial charge on any atom is 0.418 e. The van der Waals surface area contributed by atoms with Crippen LogP contribution in [0.1, 0.15) is 23.3 Å². The number of aromatic amines is 1. The number of urea groups is 1. The number of hydrogen-bond donors (Lipinski definition) is 2. The smallest absolute Gasteiger partial charge is 0.418 e. The molecular formula is C9H10N4O7S. The van der Waals surface area contributed by atoms with E-state index in [0.29, 0.717) is 10.6 Å². The van der Waals surface area contributed by atoms with Gasteiger partial charge in [-0.05, 0) is 0 Å². The van der Waals surface area contributed by atoms with Crippen molar-refractivity contribution in [3.63, 3.8) is 0 Å². The van der Waals surface area contributed by atoms with Crippen LogP contribution in [0.25, 0.3) is 0 Å². The van der Waals surface area contributed by atoms with Crippen molar-refractivity contribution in [2.75, 3.05) is 13.7 Å². The Labute approximate surface area is 118 Å². The number of esters is 1. The minimum Gasteiger partial charge on any atom is -0.467 e. The number of carbonyl (C=O) groups is 2. The van der Waals surface area contributed by atoms with Gasteiger partial charge in [0, 0.05) is 11.8 Å². The fourth-order valence-corrected chi connectivity index (χ4v) is 2.89. The third kappa shape index (κ3) is 2.03. The summed E-state index contributed by atoms with van der Waals surface area (Å²) in [5, 5.41) is 6.93. The summed E-state index contributed by atoms with van der Waals surface area (Å²) in [4.78, 5) is 25.1. The highest BCUT2D eigenvalue weighted by Gasteiger charge is 2.53. The van der Waals surface area contributed by atoms with Crippen LogP contribution < -0.4 is 0 Å². The third-order valence-electron chi connectivity index (χ3n) is 3.32. The minimum atomic E-state index is -4.88. The summed E-state index contributed by atoms with van der Waals surface area (Å²) in [6, 6.07) is -2.80. The summed E-state index contributed by atoms with van der Waals surface area (Å²) in [6.07, 6.45) is 1.42. The maximum absolute atomic E-state index is 12.2. The van der Waals surface area contributed by atoms with E-state index in [0.717, 1.165) is 12.0 Å². The number of H-pyrrole nitrogens is 1. The van der Waals surface area contributed by atoms with E-state index in [1.807, 2.05) is 0 Å². The first-order valence-electron chi connectivity index (χ1n) is 5.71. The van der Waals surface area contributed by atoms with Crippen molar-refractivity contribution in [1.82, 2.24) is 20.2 Å². The molecule has 21 heavy (non-hydrogen) atoms. The molecule has 2 atom stereocenters. The molecule has 2 amide bonds. The molecule has 2 N–H and O–H groups in total. The molecule has 0 aliphatic carbocycles. The van der Waals surface area contributed by atoms with Crippen molar-refractivity contribution in [2.45, 2.75) is 12.1 Å². The third-order valence-corrected chi connectivity index (χ3v) is 3.67. The summed E-state index contributed by atoms with van der Waals surface area (Å²) in [5.41, 5.74) is 0.657. The zero-order valence-corrected chi connectivity index (χ0v) is 11.4. The van der Waals surface area contributed by atoms with Crippen molar-refractivity contribution >= 4 is 22.4 Å². The lowest BCUT2D eigenvalue weighted by Crippen LogP contribution is -2.39. The van der Waals surface area contributed by atoms with E-state index in [1.54, 1.807) is 0 Å². The molecule has 0 aromatic carbocycles. The number of carbonyl (C=O) groups excluding carboxylic acids is 2. The van der Waals surface area contributed by atoms with E-state index in [1.165, 1.54) is 6.20 Å². The van der Waals surface area contributed by atoms with Gasteiger partial charge in [0.2, 0.25) is 0 Å². The average Bonchev–Trinajstić information content (AvgIpc) is 2.97. The number of nitrogens with one attached hydrogen (secondary N) is 1. The molecule has 114 valence electrons. The van der Waals surface area contributed by atoms with Crippen LogP contribution in [-0.2, 0) is 24.2 Å². The monoisotopic (exact) mass is 318 g/mol. The normalized spacial score (nSPS) is 24.2. The van der Waals surface area contributed by atoms with Gasteiger partial charge in [-0.3, -0.25) is 9.65 Å². The van der Waals surface area contributed by atoms with E-state index >= 15 is 0 Å². The topological polar surface area (TPSA) is 142 Å². The molecule has 1 saturated heterocycles. The van der Waals surface area contributed by atoms with E-state index < -0.39 is 34.5 Å². The van der Waals surface area contributed by atoms with E-state index in [9.17, 15) is 18.0 Å². The Kier molecular flexibility index (Phi) is 2.89. The largest absolute Gasteiger partial charge is 0.467 e. The number of methoxy groups -OCH3 is 1. The van der Waals surface area contributed by atoms with Gasteiger partial charge in [-0.1, -0.05) is 0 Å². The van der Waals surface area contributed by atoms with Crippen LogP contribution in [0.4, 0.5) is 4.79 Å². The van der Waals surface area contributed by atoms with Crippen LogP contribution in [0.15, 0.2) is 6.20 Å². The molecule has 12 heteroatoms. The molecule has 2 bridgehead atoms. The molecule has 3 heterocycles. The van der Waals surface area contributed by atoms with Crippen molar-refractivity contribution < 1.29 is 31.6 Å². The molecule has 0 unspecified atom stereocenters. The van der Waals surface area contributed by atoms with Gasteiger partial charge in [0.05, 0.1) is 13.7 Å². The quantitative estimate of drug-likeness (QED) is 0.542. The Balaban J connectivity index is 2.06. The highest BCUT2D eigenvalue weighted by molar-refractivity contribution is 7.80. The van der Waals surface area contributed by atoms with Crippen molar-refractivity contribution in [3.8, 4) is 0 Å². The second-order valence-corrected chi connectivity index (χ2v) is 5.43. The number of hydrogen-bond acceptors (Lipinski definition) is 7. The van der Waals surface area contributed by atoms with Gasteiger partial charge in [0.1, 0.15) is 11.7 Å². The van der Waals surface area contributed by atoms with Gasteiger partial charge in [-0.2, -0.15) is 18.6 Å². The Morgan fingerprint density at radius 2 is 2.29 bits per heavy atom. The van der Waals surface area contributed by atoms with Crippen molar-refractivity contribution in [2.24, 2.45) is 0 Å². The summed E-state index contributed by atoms with van der Waals surface area (Å²) < 4.78 is 39.4. The van der Waals surface area contributed by atoms with E-state index in [-0.39, 0.29) is 12.2 Å². The molecule has 1 fully saturated rings. The first-order valence-corrected chi connectivity index (χ1v) is 7.08. The molecule has 11 nitrogen and oxygen atoms in total. The predicted octanol–water partition coefficient (Wildman–Crippen LogP) is -0.849. The highest BCUT2D eigenvalue weighted by Crippen LogP contribution is 2.43. The minimum absolute atomic E-state index is 0.000648. The number of amides is 2. The van der Waals surface area contributed by atoms with E-state index in [2.05, 4.69) is 19.2 Å². The van der Waals surface area contributed by atoms with Gasteiger partial charge in [-0.15, -0.1) is 4.28 Å². The van der Waals surface area contributed by atoms with Crippen LogP contribution in [0.5, 0.6) is 0 Å². The molecule has 0 spiro atoms. The summed E-state index contributed by atoms with van der Waals surface area (Å²) >= 11 is 0. The van der Waals surface area contributed by atoms with E-state index in [4.69, 9.17) is 4.55 Å². The van der Waals surface area contributed by atoms with Crippen molar-refractivity contribution in [1.29, 1.82) is 0 Å². The van der Waals surface area contributed by atoms with Gasteiger partial charge in [0.25, 0.3) is 0 Å². The maximum atomic E-state index is 12.2. The Hall–Kier alpha value is -2.18. The molecule has 2 aliphatic rings. The molecule has 1 aromatic heterocycles. The lowest BCUT2D eigenvalue weighted by atomic mass is 9.98. The number of hydroxylamine groups is 2. The Bertz CT molecular complexity index is 713. The fraction of sp³-hybridized carbons (Fsp3) is 0.444. The SMILES string of the molecule is COC(=O)[C@@H]1c2n[nH]cc2[C@@H]2CN1C(=O)N2OS(=O)(=O)O. The van der Waals surface area contributed by atoms with Crippen LogP contribution in [0.3, 0.4) is 0 Å². The van der Waals surface area contributed by atoms with Crippen molar-refractivity contribution in [3.05, 3.63) is 17.5 Å². The summed E-state index contributed by atoms with van der Waals surface area (Å²) in [5.74, 6) is -0.719. The highest BCUT2D eigenvalue weighted by atomic mass is 32.3. The molecule has 2 aliphatic heterocycles. The first kappa shape index (κ1) is 13.8. The van der Waals surface area contributed by atoms with Crippen LogP contribution in [-0.4, -0.2) is 58.8 Å². The van der Waals surface area contributed by atoms with Crippen LogP contribution >= 0.6 is 0 Å². The number of nitrogens with zero attached hydrogens (tertiary/aromatic N) is 3. The second-order valence-electron chi connectivity index (χ2n) is 4.43. The number of ether oxygens (including phenoxy) is 1. The Morgan fingerprint density at radius 3 is 2.90 bits per heavy atom.